The highest BCUT2D eigenvalue weighted by molar-refractivity contribution is 5.83. The second-order valence-corrected chi connectivity index (χ2v) is 2.20. The van der Waals surface area contributed by atoms with Crippen LogP contribution in [-0.2, 0) is 4.79 Å². The number of amides is 1. The average molecular weight is 145 g/mol. The molecule has 6 heteroatoms. The maximum absolute atomic E-state index is 10.8. The molecule has 58 valence electrons. The summed E-state index contributed by atoms with van der Waals surface area (Å²) < 4.78 is 0. The van der Waals surface area contributed by atoms with Crippen molar-refractivity contribution in [1.29, 1.82) is 0 Å². The van der Waals surface area contributed by atoms with E-state index in [0.29, 0.717) is 0 Å². The molecule has 0 spiro atoms. The van der Waals surface area contributed by atoms with Crippen LogP contribution in [0.1, 0.15) is 0 Å². The van der Waals surface area contributed by atoms with E-state index in [1.807, 2.05) is 0 Å². The first kappa shape index (κ1) is 7.42. The van der Waals surface area contributed by atoms with Crippen molar-refractivity contribution in [3.63, 3.8) is 0 Å². The van der Waals surface area contributed by atoms with Crippen molar-refractivity contribution in [1.82, 2.24) is 10.6 Å². The predicted molar refractivity (Wildman–Crippen MR) is 35.2 cm³/mol. The summed E-state index contributed by atoms with van der Waals surface area (Å²) in [6.07, 6.45) is -1.13. The molecule has 1 amide bonds. The van der Waals surface area contributed by atoms with Gasteiger partial charge in [-0.25, -0.2) is 0 Å². The zero-order chi connectivity index (χ0) is 7.72. The molecule has 1 fully saturated rings. The third-order valence-electron chi connectivity index (χ3n) is 1.36. The van der Waals surface area contributed by atoms with Gasteiger partial charge in [-0.1, -0.05) is 0 Å². The molecule has 3 unspecified atom stereocenters. The number of hydrogen-bond donors (Lipinski definition) is 5. The number of carbonyl (C=O) groups is 1. The first-order valence-electron chi connectivity index (χ1n) is 2.94. The molecule has 0 saturated carbocycles. The fraction of sp³-hybridized carbons (Fsp3) is 0.750. The van der Waals surface area contributed by atoms with E-state index in [4.69, 9.17) is 17.2 Å². The largest absolute Gasteiger partial charge is 0.327 e. The Morgan fingerprint density at radius 1 is 1.30 bits per heavy atom. The number of hydrogen-bond acceptors (Lipinski definition) is 5. The lowest BCUT2D eigenvalue weighted by Crippen LogP contribution is -2.72. The van der Waals surface area contributed by atoms with E-state index >= 15 is 0 Å². The third kappa shape index (κ3) is 1.24. The van der Waals surface area contributed by atoms with Gasteiger partial charge < -0.3 is 16.8 Å². The van der Waals surface area contributed by atoms with Crippen molar-refractivity contribution in [2.45, 2.75) is 18.5 Å². The molecule has 0 aromatic heterocycles. The Hall–Kier alpha value is -0.690. The van der Waals surface area contributed by atoms with E-state index in [-0.39, 0.29) is 5.91 Å². The van der Waals surface area contributed by atoms with Crippen LogP contribution in [0.15, 0.2) is 0 Å². The van der Waals surface area contributed by atoms with Crippen LogP contribution in [0, 0.1) is 0 Å². The normalized spacial score (nSPS) is 41.1. The van der Waals surface area contributed by atoms with Crippen molar-refractivity contribution < 1.29 is 4.79 Å². The molecule has 1 aliphatic rings. The molecule has 1 aliphatic heterocycles. The first-order valence-corrected chi connectivity index (χ1v) is 2.94. The minimum absolute atomic E-state index is 0.321. The van der Waals surface area contributed by atoms with Crippen LogP contribution < -0.4 is 27.8 Å². The van der Waals surface area contributed by atoms with E-state index in [0.717, 1.165) is 0 Å². The molecule has 1 saturated heterocycles. The molecule has 1 rings (SSSR count). The van der Waals surface area contributed by atoms with Crippen molar-refractivity contribution in [2.24, 2.45) is 17.2 Å². The monoisotopic (exact) mass is 145 g/mol. The van der Waals surface area contributed by atoms with Gasteiger partial charge in [0, 0.05) is 0 Å². The molecule has 1 heterocycles. The summed E-state index contributed by atoms with van der Waals surface area (Å²) in [5.41, 5.74) is 16.0. The van der Waals surface area contributed by atoms with Gasteiger partial charge in [0.15, 0.2) is 0 Å². The number of nitrogens with one attached hydrogen (secondary N) is 2. The van der Waals surface area contributed by atoms with Crippen molar-refractivity contribution in [3.8, 4) is 0 Å². The van der Waals surface area contributed by atoms with Crippen LogP contribution in [0.4, 0.5) is 0 Å². The fourth-order valence-corrected chi connectivity index (χ4v) is 0.765. The molecule has 0 aromatic rings. The van der Waals surface area contributed by atoms with Crippen LogP contribution in [0.25, 0.3) is 0 Å². The molecule has 0 bridgehead atoms. The molecular formula is C4H11N5O. The Balaban J connectivity index is 2.57. The topological polar surface area (TPSA) is 119 Å². The van der Waals surface area contributed by atoms with Gasteiger partial charge in [-0.05, 0) is 0 Å². The van der Waals surface area contributed by atoms with Gasteiger partial charge in [0.25, 0.3) is 0 Å². The Labute approximate surface area is 58.1 Å². The SMILES string of the molecule is NC1NC(=O)C(N)C(N)N1. The Kier molecular flexibility index (Phi) is 1.86. The quantitative estimate of drug-likeness (QED) is 0.243. The standard InChI is InChI=1S/C4H11N5O/c5-1-2(6)8-4(7)9-3(1)10/h1-2,4,8H,5-7H2,(H,9,10). The summed E-state index contributed by atoms with van der Waals surface area (Å²) in [5.74, 6) is -0.321. The Bertz CT molecular complexity index is 149. The third-order valence-corrected chi connectivity index (χ3v) is 1.36. The minimum atomic E-state index is -0.709. The van der Waals surface area contributed by atoms with Gasteiger partial charge in [-0.2, -0.15) is 0 Å². The van der Waals surface area contributed by atoms with E-state index < -0.39 is 18.5 Å². The molecule has 0 aliphatic carbocycles. The highest BCUT2D eigenvalue weighted by atomic mass is 16.2. The van der Waals surface area contributed by atoms with Crippen LogP contribution in [-0.4, -0.2) is 24.4 Å². The summed E-state index contributed by atoms with van der Waals surface area (Å²) in [4.78, 5) is 10.8. The van der Waals surface area contributed by atoms with E-state index in [1.54, 1.807) is 0 Å². The Morgan fingerprint density at radius 3 is 2.40 bits per heavy atom. The number of carbonyl (C=O) groups excluding carboxylic acids is 1. The summed E-state index contributed by atoms with van der Waals surface area (Å²) in [7, 11) is 0. The van der Waals surface area contributed by atoms with Crippen molar-refractivity contribution in [2.75, 3.05) is 0 Å². The summed E-state index contributed by atoms with van der Waals surface area (Å²) in [5, 5.41) is 5.04. The van der Waals surface area contributed by atoms with Crippen molar-refractivity contribution >= 4 is 5.91 Å². The van der Waals surface area contributed by atoms with Gasteiger partial charge in [-0.15, -0.1) is 0 Å². The molecule has 6 nitrogen and oxygen atoms in total. The second-order valence-electron chi connectivity index (χ2n) is 2.20. The summed E-state index contributed by atoms with van der Waals surface area (Å²) >= 11 is 0. The minimum Gasteiger partial charge on any atom is -0.327 e. The summed E-state index contributed by atoms with van der Waals surface area (Å²) in [6, 6.07) is -0.709. The lowest BCUT2D eigenvalue weighted by atomic mass is 10.2. The second kappa shape index (κ2) is 2.51. The van der Waals surface area contributed by atoms with E-state index in [1.165, 1.54) is 0 Å². The molecular weight excluding hydrogens is 134 g/mol. The zero-order valence-corrected chi connectivity index (χ0v) is 5.37. The smallest absolute Gasteiger partial charge is 0.242 e. The van der Waals surface area contributed by atoms with Crippen molar-refractivity contribution in [3.05, 3.63) is 0 Å². The maximum atomic E-state index is 10.8. The first-order chi connectivity index (χ1) is 4.61. The van der Waals surface area contributed by atoms with Crippen LogP contribution in [0.3, 0.4) is 0 Å². The highest BCUT2D eigenvalue weighted by Crippen LogP contribution is 1.89. The van der Waals surface area contributed by atoms with E-state index in [2.05, 4.69) is 10.6 Å². The van der Waals surface area contributed by atoms with Gasteiger partial charge in [-0.3, -0.25) is 15.8 Å². The van der Waals surface area contributed by atoms with Gasteiger partial charge in [0.05, 0.1) is 6.17 Å². The predicted octanol–water partition coefficient (Wildman–Crippen LogP) is -3.44. The van der Waals surface area contributed by atoms with Gasteiger partial charge >= 0.3 is 0 Å². The van der Waals surface area contributed by atoms with Crippen LogP contribution >= 0.6 is 0 Å². The lowest BCUT2D eigenvalue weighted by Gasteiger charge is -2.30. The average Bonchev–Trinajstić information content (AvgIpc) is 1.82. The molecule has 0 aromatic carbocycles. The van der Waals surface area contributed by atoms with Gasteiger partial charge in [0.1, 0.15) is 12.3 Å². The summed E-state index contributed by atoms with van der Waals surface area (Å²) in [6.45, 7) is 0. The Morgan fingerprint density at radius 2 is 1.90 bits per heavy atom. The fourth-order valence-electron chi connectivity index (χ4n) is 0.765. The number of rotatable bonds is 0. The number of nitrogens with two attached hydrogens (primary N) is 3. The molecule has 10 heavy (non-hydrogen) atoms. The zero-order valence-electron chi connectivity index (χ0n) is 5.37. The lowest BCUT2D eigenvalue weighted by molar-refractivity contribution is -0.125. The highest BCUT2D eigenvalue weighted by Gasteiger charge is 2.28. The molecule has 0 radical (unpaired) electrons. The van der Waals surface area contributed by atoms with Gasteiger partial charge in [0.2, 0.25) is 5.91 Å². The molecule has 3 atom stereocenters. The van der Waals surface area contributed by atoms with E-state index in [9.17, 15) is 4.79 Å². The maximum Gasteiger partial charge on any atom is 0.242 e. The van der Waals surface area contributed by atoms with Crippen LogP contribution in [0.5, 0.6) is 0 Å². The molecule has 8 N–H and O–H groups in total. The van der Waals surface area contributed by atoms with Crippen LogP contribution in [0.2, 0.25) is 0 Å².